The van der Waals surface area contributed by atoms with Gasteiger partial charge in [-0.3, -0.25) is 4.79 Å². The molecule has 2 rings (SSSR count). The van der Waals surface area contributed by atoms with E-state index in [-0.39, 0.29) is 17.1 Å². The molecule has 0 saturated heterocycles. The van der Waals surface area contributed by atoms with Gasteiger partial charge in [0.1, 0.15) is 5.82 Å². The minimum absolute atomic E-state index is 0.205. The van der Waals surface area contributed by atoms with Crippen molar-refractivity contribution in [2.45, 2.75) is 0 Å². The van der Waals surface area contributed by atoms with E-state index in [0.717, 1.165) is 0 Å². The van der Waals surface area contributed by atoms with E-state index in [0.29, 0.717) is 4.47 Å². The topological polar surface area (TPSA) is 30.2 Å². The van der Waals surface area contributed by atoms with Crippen LogP contribution in [-0.2, 0) is 0 Å². The van der Waals surface area contributed by atoms with Crippen molar-refractivity contribution in [1.29, 1.82) is 0 Å². The van der Waals surface area contributed by atoms with Crippen molar-refractivity contribution in [2.24, 2.45) is 0 Å². The number of ketones is 1. The van der Waals surface area contributed by atoms with Crippen LogP contribution in [0.5, 0.6) is 0 Å². The summed E-state index contributed by atoms with van der Waals surface area (Å²) in [5.74, 6) is -0.587. The van der Waals surface area contributed by atoms with Crippen LogP contribution in [0, 0.1) is 5.82 Å². The molecule has 0 radical (unpaired) electrons. The van der Waals surface area contributed by atoms with Gasteiger partial charge in [-0.05, 0) is 46.3 Å². The third-order valence-corrected chi connectivity index (χ3v) is 2.57. The van der Waals surface area contributed by atoms with Gasteiger partial charge in [0.05, 0.1) is 10.7 Å². The highest BCUT2D eigenvalue weighted by atomic mass is 79.9. The van der Waals surface area contributed by atoms with Crippen LogP contribution >= 0.6 is 15.9 Å². The van der Waals surface area contributed by atoms with Crippen molar-refractivity contribution in [3.63, 3.8) is 0 Å². The first kappa shape index (κ1) is 10.1. The van der Waals surface area contributed by atoms with E-state index in [2.05, 4.69) is 15.9 Å². The zero-order valence-electron chi connectivity index (χ0n) is 7.54. The third kappa shape index (κ3) is 1.99. The Morgan fingerprint density at radius 1 is 1.33 bits per heavy atom. The molecule has 0 amide bonds. The summed E-state index contributed by atoms with van der Waals surface area (Å²) in [4.78, 5) is 11.7. The maximum atomic E-state index is 13.2. The van der Waals surface area contributed by atoms with Crippen LogP contribution in [0.3, 0.4) is 0 Å². The molecule has 0 bridgehead atoms. The second-order valence-corrected chi connectivity index (χ2v) is 3.79. The van der Waals surface area contributed by atoms with Crippen molar-refractivity contribution in [3.8, 4) is 0 Å². The molecule has 0 N–H and O–H groups in total. The molecule has 1 heterocycles. The molecule has 1 aromatic carbocycles. The largest absolute Gasteiger partial charge is 0.461 e. The predicted molar refractivity (Wildman–Crippen MR) is 56.2 cm³/mol. The van der Waals surface area contributed by atoms with Crippen LogP contribution in [0.2, 0.25) is 0 Å². The average molecular weight is 269 g/mol. The molecule has 1 aromatic heterocycles. The van der Waals surface area contributed by atoms with Crippen LogP contribution in [0.25, 0.3) is 0 Å². The number of benzene rings is 1. The second kappa shape index (κ2) is 3.98. The van der Waals surface area contributed by atoms with E-state index < -0.39 is 5.82 Å². The van der Waals surface area contributed by atoms with Gasteiger partial charge in [0, 0.05) is 5.56 Å². The van der Waals surface area contributed by atoms with Gasteiger partial charge in [-0.15, -0.1) is 0 Å². The Bertz CT molecular complexity index is 491. The summed E-state index contributed by atoms with van der Waals surface area (Å²) in [6.45, 7) is 0. The quantitative estimate of drug-likeness (QED) is 0.782. The Balaban J connectivity index is 2.39. The fraction of sp³-hybridized carbons (Fsp3) is 0. The first-order valence-corrected chi connectivity index (χ1v) is 5.01. The number of furan rings is 1. The normalized spacial score (nSPS) is 10.3. The third-order valence-electron chi connectivity index (χ3n) is 1.93. The Hall–Kier alpha value is -1.42. The van der Waals surface area contributed by atoms with E-state index in [1.54, 1.807) is 12.1 Å². The molecule has 15 heavy (non-hydrogen) atoms. The van der Waals surface area contributed by atoms with Gasteiger partial charge in [0.2, 0.25) is 5.78 Å². The molecule has 0 saturated carbocycles. The minimum Gasteiger partial charge on any atom is -0.461 e. The number of carbonyl (C=O) groups is 1. The van der Waals surface area contributed by atoms with Crippen molar-refractivity contribution in [1.82, 2.24) is 0 Å². The highest BCUT2D eigenvalue weighted by Gasteiger charge is 2.13. The Kier molecular flexibility index (Phi) is 2.68. The van der Waals surface area contributed by atoms with E-state index in [4.69, 9.17) is 4.42 Å². The average Bonchev–Trinajstić information content (AvgIpc) is 2.74. The van der Waals surface area contributed by atoms with Crippen LogP contribution in [0.4, 0.5) is 4.39 Å². The molecule has 2 nitrogen and oxygen atoms in total. The molecule has 0 spiro atoms. The number of carbonyl (C=O) groups excluding carboxylic acids is 1. The van der Waals surface area contributed by atoms with Gasteiger partial charge in [-0.1, -0.05) is 0 Å². The zero-order chi connectivity index (χ0) is 10.8. The van der Waals surface area contributed by atoms with E-state index >= 15 is 0 Å². The summed E-state index contributed by atoms with van der Waals surface area (Å²) < 4.78 is 18.4. The molecule has 0 atom stereocenters. The highest BCUT2D eigenvalue weighted by molar-refractivity contribution is 9.10. The lowest BCUT2D eigenvalue weighted by Gasteiger charge is -1.99. The number of hydrogen-bond acceptors (Lipinski definition) is 2. The van der Waals surface area contributed by atoms with E-state index in [1.807, 2.05) is 0 Å². The highest BCUT2D eigenvalue weighted by Crippen LogP contribution is 2.18. The molecule has 0 aliphatic rings. The van der Waals surface area contributed by atoms with Crippen molar-refractivity contribution in [2.75, 3.05) is 0 Å². The first-order valence-electron chi connectivity index (χ1n) is 4.22. The van der Waals surface area contributed by atoms with Gasteiger partial charge in [0.15, 0.2) is 5.76 Å². The van der Waals surface area contributed by atoms with Crippen LogP contribution in [0.15, 0.2) is 45.5 Å². The second-order valence-electron chi connectivity index (χ2n) is 2.94. The number of hydrogen-bond donors (Lipinski definition) is 0. The van der Waals surface area contributed by atoms with Crippen LogP contribution < -0.4 is 0 Å². The number of rotatable bonds is 2. The fourth-order valence-electron chi connectivity index (χ4n) is 1.19. The molecule has 0 fully saturated rings. The lowest BCUT2D eigenvalue weighted by Crippen LogP contribution is -2.00. The Labute approximate surface area is 93.8 Å². The van der Waals surface area contributed by atoms with Crippen molar-refractivity contribution < 1.29 is 13.6 Å². The summed E-state index contributed by atoms with van der Waals surface area (Å²) in [5, 5.41) is 0. The minimum atomic E-state index is -0.465. The summed E-state index contributed by atoms with van der Waals surface area (Å²) in [6.07, 6.45) is 1.41. The van der Waals surface area contributed by atoms with Gasteiger partial charge in [-0.2, -0.15) is 0 Å². The van der Waals surface area contributed by atoms with Crippen LogP contribution in [-0.4, -0.2) is 5.78 Å². The smallest absolute Gasteiger partial charge is 0.228 e. The van der Waals surface area contributed by atoms with Gasteiger partial charge in [-0.25, -0.2) is 4.39 Å². The maximum Gasteiger partial charge on any atom is 0.228 e. The zero-order valence-corrected chi connectivity index (χ0v) is 9.12. The summed E-state index contributed by atoms with van der Waals surface area (Å²) in [7, 11) is 0. The first-order chi connectivity index (χ1) is 7.18. The van der Waals surface area contributed by atoms with Crippen LogP contribution in [0.1, 0.15) is 16.1 Å². The van der Waals surface area contributed by atoms with Gasteiger partial charge >= 0.3 is 0 Å². The summed E-state index contributed by atoms with van der Waals surface area (Å²) >= 11 is 3.02. The fourth-order valence-corrected chi connectivity index (χ4v) is 1.43. The molecular formula is C11H6BrFO2. The lowest BCUT2D eigenvalue weighted by molar-refractivity contribution is 0.101. The summed E-state index contributed by atoms with van der Waals surface area (Å²) in [5.41, 5.74) is 0.269. The maximum absolute atomic E-state index is 13.2. The van der Waals surface area contributed by atoms with Gasteiger partial charge in [0.25, 0.3) is 0 Å². The summed E-state index contributed by atoms with van der Waals surface area (Å²) in [6, 6.07) is 7.36. The predicted octanol–water partition coefficient (Wildman–Crippen LogP) is 3.41. The number of halogens is 2. The molecular weight excluding hydrogens is 263 g/mol. The molecule has 2 aromatic rings. The van der Waals surface area contributed by atoms with E-state index in [1.165, 1.54) is 24.5 Å². The standard InChI is InChI=1S/C11H6BrFO2/c12-8-4-3-7(6-9(8)13)11(14)10-2-1-5-15-10/h1-6H. The van der Waals surface area contributed by atoms with Gasteiger partial charge < -0.3 is 4.42 Å². The molecule has 0 aliphatic heterocycles. The van der Waals surface area contributed by atoms with Crippen molar-refractivity contribution in [3.05, 3.63) is 58.2 Å². The monoisotopic (exact) mass is 268 g/mol. The lowest BCUT2D eigenvalue weighted by atomic mass is 10.1. The SMILES string of the molecule is O=C(c1ccc(Br)c(F)c1)c1ccco1. The molecule has 0 aliphatic carbocycles. The Morgan fingerprint density at radius 3 is 2.73 bits per heavy atom. The van der Waals surface area contributed by atoms with E-state index in [9.17, 15) is 9.18 Å². The molecule has 0 unspecified atom stereocenters. The van der Waals surface area contributed by atoms with Crippen molar-refractivity contribution >= 4 is 21.7 Å². The molecule has 4 heteroatoms. The Morgan fingerprint density at radius 2 is 2.13 bits per heavy atom. The molecule has 76 valence electrons.